The number of rotatable bonds is 4. The van der Waals surface area contributed by atoms with Gasteiger partial charge in [0, 0.05) is 23.5 Å². The number of aryl methyl sites for hydroxylation is 1. The van der Waals surface area contributed by atoms with Crippen LogP contribution in [0.2, 0.25) is 5.02 Å². The van der Waals surface area contributed by atoms with Gasteiger partial charge in [-0.15, -0.1) is 11.3 Å². The average Bonchev–Trinajstić information content (AvgIpc) is 3.00. The van der Waals surface area contributed by atoms with E-state index >= 15 is 0 Å². The molecule has 1 N–H and O–H groups in total. The molecular weight excluding hydrogens is 308 g/mol. The van der Waals surface area contributed by atoms with Crippen molar-refractivity contribution in [2.24, 2.45) is 0 Å². The Morgan fingerprint density at radius 3 is 3.00 bits per heavy atom. The average molecular weight is 323 g/mol. The number of benzene rings is 1. The third-order valence-electron chi connectivity index (χ3n) is 3.70. The van der Waals surface area contributed by atoms with E-state index in [0.29, 0.717) is 13.0 Å². The van der Waals surface area contributed by atoms with Crippen molar-refractivity contribution in [3.8, 4) is 0 Å². The molecule has 0 spiro atoms. The van der Waals surface area contributed by atoms with Gasteiger partial charge in [-0.3, -0.25) is 4.79 Å². The lowest BCUT2D eigenvalue weighted by Gasteiger charge is -2.17. The summed E-state index contributed by atoms with van der Waals surface area (Å²) in [4.78, 5) is 18.9. The summed E-state index contributed by atoms with van der Waals surface area (Å²) in [6, 6.07) is 7.71. The van der Waals surface area contributed by atoms with Crippen LogP contribution in [0.5, 0.6) is 0 Å². The molecule has 1 aromatic carbocycles. The van der Waals surface area contributed by atoms with Crippen LogP contribution >= 0.6 is 22.9 Å². The van der Waals surface area contributed by atoms with E-state index in [1.807, 2.05) is 36.2 Å². The molecule has 2 aromatic rings. The normalized spacial score (nSPS) is 16.8. The molecule has 21 heavy (non-hydrogen) atoms. The van der Waals surface area contributed by atoms with Gasteiger partial charge in [0.1, 0.15) is 5.92 Å². The molecule has 1 aliphatic rings. The first-order chi connectivity index (χ1) is 10.1. The summed E-state index contributed by atoms with van der Waals surface area (Å²) < 4.78 is 0. The molecule has 0 aliphatic heterocycles. The van der Waals surface area contributed by atoms with Crippen LogP contribution in [0.3, 0.4) is 0 Å². The smallest absolute Gasteiger partial charge is 0.312 e. The standard InChI is InChI=1S/C15H15ClN2O2S/c1-18(8-9-4-2-3-5-11(9)16)15-17-13-10(14(19)20)6-7-12(13)21-15/h2-5,10H,6-8H2,1H3,(H,19,20). The zero-order chi connectivity index (χ0) is 15.0. The Bertz CT molecular complexity index is 686. The summed E-state index contributed by atoms with van der Waals surface area (Å²) in [5.74, 6) is -1.22. The molecule has 1 unspecified atom stereocenters. The van der Waals surface area contributed by atoms with Crippen molar-refractivity contribution in [1.29, 1.82) is 0 Å². The summed E-state index contributed by atoms with van der Waals surface area (Å²) in [6.45, 7) is 0.657. The zero-order valence-electron chi connectivity index (χ0n) is 11.5. The quantitative estimate of drug-likeness (QED) is 0.935. The van der Waals surface area contributed by atoms with Gasteiger partial charge in [-0.25, -0.2) is 4.98 Å². The van der Waals surface area contributed by atoms with E-state index in [1.165, 1.54) is 0 Å². The fourth-order valence-electron chi connectivity index (χ4n) is 2.57. The Hall–Kier alpha value is -1.59. The topological polar surface area (TPSA) is 53.4 Å². The van der Waals surface area contributed by atoms with Gasteiger partial charge in [0.15, 0.2) is 5.13 Å². The number of anilines is 1. The molecule has 6 heteroatoms. The number of fused-ring (bicyclic) bond motifs is 1. The monoisotopic (exact) mass is 322 g/mol. The minimum atomic E-state index is -0.778. The lowest BCUT2D eigenvalue weighted by Crippen LogP contribution is -2.17. The van der Waals surface area contributed by atoms with Crippen molar-refractivity contribution in [3.63, 3.8) is 0 Å². The van der Waals surface area contributed by atoms with E-state index in [9.17, 15) is 9.90 Å². The van der Waals surface area contributed by atoms with Crippen molar-refractivity contribution in [2.75, 3.05) is 11.9 Å². The Morgan fingerprint density at radius 1 is 1.52 bits per heavy atom. The van der Waals surface area contributed by atoms with Crippen molar-refractivity contribution in [3.05, 3.63) is 45.4 Å². The number of carboxylic acid groups (broad SMARTS) is 1. The van der Waals surface area contributed by atoms with Crippen LogP contribution in [0.4, 0.5) is 5.13 Å². The van der Waals surface area contributed by atoms with E-state index in [1.54, 1.807) is 11.3 Å². The summed E-state index contributed by atoms with van der Waals surface area (Å²) in [5.41, 5.74) is 1.78. The molecule has 3 rings (SSSR count). The Balaban J connectivity index is 1.81. The van der Waals surface area contributed by atoms with E-state index in [-0.39, 0.29) is 0 Å². The number of aromatic nitrogens is 1. The molecule has 0 amide bonds. The molecule has 0 radical (unpaired) electrons. The molecule has 4 nitrogen and oxygen atoms in total. The largest absolute Gasteiger partial charge is 0.481 e. The molecule has 0 bridgehead atoms. The first kappa shape index (κ1) is 14.4. The van der Waals surface area contributed by atoms with Crippen LogP contribution in [0, 0.1) is 0 Å². The summed E-state index contributed by atoms with van der Waals surface area (Å²) in [5, 5.41) is 10.8. The maximum Gasteiger partial charge on any atom is 0.312 e. The van der Waals surface area contributed by atoms with Crippen LogP contribution in [0.25, 0.3) is 0 Å². The number of hydrogen-bond acceptors (Lipinski definition) is 4. The first-order valence-corrected chi connectivity index (χ1v) is 7.92. The lowest BCUT2D eigenvalue weighted by atomic mass is 10.1. The number of hydrogen-bond donors (Lipinski definition) is 1. The van der Waals surface area contributed by atoms with Crippen molar-refractivity contribution < 1.29 is 9.90 Å². The highest BCUT2D eigenvalue weighted by atomic mass is 35.5. The summed E-state index contributed by atoms with van der Waals surface area (Å²) in [6.07, 6.45) is 1.47. The van der Waals surface area contributed by atoms with Crippen molar-refractivity contribution in [1.82, 2.24) is 4.98 Å². The van der Waals surface area contributed by atoms with E-state index < -0.39 is 11.9 Å². The molecular formula is C15H15ClN2O2S. The third kappa shape index (κ3) is 2.76. The number of nitrogens with zero attached hydrogens (tertiary/aromatic N) is 2. The highest BCUT2D eigenvalue weighted by Gasteiger charge is 2.32. The lowest BCUT2D eigenvalue weighted by molar-refractivity contribution is -0.138. The second-order valence-electron chi connectivity index (χ2n) is 5.18. The minimum Gasteiger partial charge on any atom is -0.481 e. The number of thiazole rings is 1. The predicted octanol–water partition coefficient (Wildman–Crippen LogP) is 3.55. The number of halogens is 1. The van der Waals surface area contributed by atoms with Crippen molar-refractivity contribution >= 4 is 34.0 Å². The second-order valence-corrected chi connectivity index (χ2v) is 6.65. The molecule has 0 saturated heterocycles. The van der Waals surface area contributed by atoms with Crippen molar-refractivity contribution in [2.45, 2.75) is 25.3 Å². The van der Waals surface area contributed by atoms with Gasteiger partial charge in [-0.2, -0.15) is 0 Å². The van der Waals surface area contributed by atoms with Gasteiger partial charge >= 0.3 is 5.97 Å². The van der Waals surface area contributed by atoms with Gasteiger partial charge in [0.25, 0.3) is 0 Å². The van der Waals surface area contributed by atoms with Gasteiger partial charge < -0.3 is 10.0 Å². The summed E-state index contributed by atoms with van der Waals surface area (Å²) in [7, 11) is 1.95. The SMILES string of the molecule is CN(Cc1ccccc1Cl)c1nc2c(s1)CCC2C(=O)O. The van der Waals surface area contributed by atoms with Crippen LogP contribution in [-0.4, -0.2) is 23.1 Å². The van der Waals surface area contributed by atoms with Crippen LogP contribution in [-0.2, 0) is 17.8 Å². The van der Waals surface area contributed by atoms with Gasteiger partial charge in [0.05, 0.1) is 5.69 Å². The molecule has 1 aliphatic carbocycles. The Morgan fingerprint density at radius 2 is 2.29 bits per heavy atom. The number of aliphatic carboxylic acids is 1. The molecule has 0 fully saturated rings. The maximum atomic E-state index is 11.2. The molecule has 1 atom stereocenters. The van der Waals surface area contributed by atoms with Gasteiger partial charge in [-0.05, 0) is 24.5 Å². The van der Waals surface area contributed by atoms with E-state index in [0.717, 1.165) is 32.7 Å². The second kappa shape index (κ2) is 5.66. The molecule has 1 aromatic heterocycles. The predicted molar refractivity (Wildman–Crippen MR) is 84.4 cm³/mol. The van der Waals surface area contributed by atoms with E-state index in [4.69, 9.17) is 11.6 Å². The first-order valence-electron chi connectivity index (χ1n) is 6.73. The van der Waals surface area contributed by atoms with Gasteiger partial charge in [-0.1, -0.05) is 29.8 Å². The number of carbonyl (C=O) groups is 1. The number of carboxylic acids is 1. The molecule has 110 valence electrons. The third-order valence-corrected chi connectivity index (χ3v) is 5.31. The van der Waals surface area contributed by atoms with Crippen LogP contribution < -0.4 is 4.90 Å². The highest BCUT2D eigenvalue weighted by molar-refractivity contribution is 7.15. The van der Waals surface area contributed by atoms with Crippen LogP contribution in [0.1, 0.15) is 28.5 Å². The Kier molecular flexibility index (Phi) is 3.87. The van der Waals surface area contributed by atoms with E-state index in [2.05, 4.69) is 4.98 Å². The van der Waals surface area contributed by atoms with Gasteiger partial charge in [0.2, 0.25) is 0 Å². The zero-order valence-corrected chi connectivity index (χ0v) is 13.1. The molecule has 1 heterocycles. The van der Waals surface area contributed by atoms with Crippen LogP contribution in [0.15, 0.2) is 24.3 Å². The maximum absolute atomic E-state index is 11.2. The highest BCUT2D eigenvalue weighted by Crippen LogP contribution is 2.39. The minimum absolute atomic E-state index is 0.446. The fourth-order valence-corrected chi connectivity index (χ4v) is 3.86. The summed E-state index contributed by atoms with van der Waals surface area (Å²) >= 11 is 7.76. The fraction of sp³-hybridized carbons (Fsp3) is 0.333. The Labute approximate surface area is 132 Å². The molecule has 0 saturated carbocycles.